The molecule has 90 valence electrons. The highest BCUT2D eigenvalue weighted by Crippen LogP contribution is 2.26. The molecule has 0 N–H and O–H groups in total. The molecule has 0 unspecified atom stereocenters. The third-order valence-corrected chi connectivity index (χ3v) is 2.56. The zero-order chi connectivity index (χ0) is 13.1. The van der Waals surface area contributed by atoms with Crippen molar-refractivity contribution in [3.05, 3.63) is 59.4 Å². The van der Waals surface area contributed by atoms with Crippen LogP contribution in [0.1, 0.15) is 5.56 Å². The zero-order valence-corrected chi connectivity index (χ0v) is 9.25. The molecule has 4 heteroatoms. The Bertz CT molecular complexity index is 629. The molecule has 1 nitrogen and oxygen atoms in total. The fourth-order valence-corrected chi connectivity index (χ4v) is 1.69. The number of hydrogen-bond donors (Lipinski definition) is 0. The summed E-state index contributed by atoms with van der Waals surface area (Å²) in [4.78, 5) is 0. The van der Waals surface area contributed by atoms with E-state index in [4.69, 9.17) is 5.26 Å². The van der Waals surface area contributed by atoms with Gasteiger partial charge in [0, 0.05) is 5.56 Å². The van der Waals surface area contributed by atoms with Crippen molar-refractivity contribution < 1.29 is 13.2 Å². The normalized spacial score (nSPS) is 10.1. The Labute approximate surface area is 102 Å². The third-order valence-electron chi connectivity index (χ3n) is 2.56. The Morgan fingerprint density at radius 2 is 1.78 bits per heavy atom. The van der Waals surface area contributed by atoms with Crippen molar-refractivity contribution in [2.24, 2.45) is 0 Å². The van der Waals surface area contributed by atoms with Crippen LogP contribution in [0.2, 0.25) is 0 Å². The van der Waals surface area contributed by atoms with Gasteiger partial charge in [-0.3, -0.25) is 0 Å². The van der Waals surface area contributed by atoms with E-state index in [2.05, 4.69) is 0 Å². The van der Waals surface area contributed by atoms with Crippen molar-refractivity contribution >= 4 is 0 Å². The van der Waals surface area contributed by atoms with Crippen molar-refractivity contribution in [3.8, 4) is 17.2 Å². The van der Waals surface area contributed by atoms with Gasteiger partial charge in [0.15, 0.2) is 17.5 Å². The maximum atomic E-state index is 13.6. The van der Waals surface area contributed by atoms with Crippen LogP contribution in [0.15, 0.2) is 36.4 Å². The summed E-state index contributed by atoms with van der Waals surface area (Å²) in [6, 6.07) is 10.5. The first-order valence-corrected chi connectivity index (χ1v) is 5.23. The van der Waals surface area contributed by atoms with Gasteiger partial charge in [-0.25, -0.2) is 13.2 Å². The molecule has 0 aliphatic rings. The Morgan fingerprint density at radius 1 is 1.00 bits per heavy atom. The summed E-state index contributed by atoms with van der Waals surface area (Å²) in [5.41, 5.74) is 1.09. The molecule has 0 bridgehead atoms. The van der Waals surface area contributed by atoms with Crippen LogP contribution < -0.4 is 0 Å². The van der Waals surface area contributed by atoms with Gasteiger partial charge in [-0.1, -0.05) is 24.3 Å². The number of hydrogen-bond acceptors (Lipinski definition) is 1. The second-order valence-corrected chi connectivity index (χ2v) is 3.76. The van der Waals surface area contributed by atoms with Gasteiger partial charge in [0.1, 0.15) is 0 Å². The van der Waals surface area contributed by atoms with Crippen molar-refractivity contribution in [2.75, 3.05) is 0 Å². The van der Waals surface area contributed by atoms with Gasteiger partial charge in [0.05, 0.1) is 12.5 Å². The summed E-state index contributed by atoms with van der Waals surface area (Å²) in [5.74, 6) is -3.92. The van der Waals surface area contributed by atoms with Crippen LogP contribution in [0.25, 0.3) is 11.1 Å². The summed E-state index contributed by atoms with van der Waals surface area (Å²) in [7, 11) is 0. The average Bonchev–Trinajstić information content (AvgIpc) is 2.37. The molecular weight excluding hydrogens is 239 g/mol. The molecular formula is C14H8F3N. The minimum absolute atomic E-state index is 0.0197. The first-order valence-electron chi connectivity index (χ1n) is 5.23. The van der Waals surface area contributed by atoms with Crippen LogP contribution in [0.4, 0.5) is 13.2 Å². The van der Waals surface area contributed by atoms with Crippen molar-refractivity contribution in [3.63, 3.8) is 0 Å². The lowest BCUT2D eigenvalue weighted by atomic mass is 10.0. The monoisotopic (exact) mass is 247 g/mol. The molecule has 0 saturated carbocycles. The van der Waals surface area contributed by atoms with E-state index in [-0.39, 0.29) is 12.0 Å². The molecule has 0 amide bonds. The summed E-state index contributed by atoms with van der Waals surface area (Å²) in [6.07, 6.45) is 0.180. The van der Waals surface area contributed by atoms with E-state index in [1.165, 1.54) is 6.07 Å². The molecule has 18 heavy (non-hydrogen) atoms. The molecule has 2 aromatic carbocycles. The first-order chi connectivity index (χ1) is 8.63. The largest absolute Gasteiger partial charge is 0.204 e. The molecule has 0 aromatic heterocycles. The Balaban J connectivity index is 2.53. The minimum Gasteiger partial charge on any atom is -0.204 e. The number of benzene rings is 2. The molecule has 2 aromatic rings. The van der Waals surface area contributed by atoms with Crippen LogP contribution >= 0.6 is 0 Å². The lowest BCUT2D eigenvalue weighted by molar-refractivity contribution is 0.449. The van der Waals surface area contributed by atoms with E-state index >= 15 is 0 Å². The summed E-state index contributed by atoms with van der Waals surface area (Å²) in [6.45, 7) is 0. The van der Waals surface area contributed by atoms with E-state index in [0.717, 1.165) is 6.07 Å². The van der Waals surface area contributed by atoms with E-state index < -0.39 is 17.5 Å². The fraction of sp³-hybridized carbons (Fsp3) is 0.0714. The van der Waals surface area contributed by atoms with Crippen molar-refractivity contribution in [1.29, 1.82) is 5.26 Å². The Hall–Kier alpha value is -2.28. The van der Waals surface area contributed by atoms with Crippen molar-refractivity contribution in [2.45, 2.75) is 6.42 Å². The van der Waals surface area contributed by atoms with E-state index in [1.54, 1.807) is 24.3 Å². The van der Waals surface area contributed by atoms with Gasteiger partial charge in [0.25, 0.3) is 0 Å². The van der Waals surface area contributed by atoms with E-state index in [0.29, 0.717) is 11.1 Å². The number of rotatable bonds is 2. The smallest absolute Gasteiger partial charge is 0.195 e. The summed E-state index contributed by atoms with van der Waals surface area (Å²) in [5, 5.41) is 8.58. The summed E-state index contributed by atoms with van der Waals surface area (Å²) >= 11 is 0. The first kappa shape index (κ1) is 12.2. The van der Waals surface area contributed by atoms with Gasteiger partial charge in [-0.15, -0.1) is 0 Å². The van der Waals surface area contributed by atoms with Crippen LogP contribution in [0.5, 0.6) is 0 Å². The highest BCUT2D eigenvalue weighted by atomic mass is 19.2. The second kappa shape index (κ2) is 4.92. The predicted molar refractivity (Wildman–Crippen MR) is 61.1 cm³/mol. The van der Waals surface area contributed by atoms with Crippen LogP contribution in [0.3, 0.4) is 0 Å². The third kappa shape index (κ3) is 2.21. The highest BCUT2D eigenvalue weighted by Gasteiger charge is 2.14. The number of nitrogens with zero attached hydrogens (tertiary/aromatic N) is 1. The zero-order valence-electron chi connectivity index (χ0n) is 9.25. The molecule has 0 heterocycles. The van der Waals surface area contributed by atoms with Gasteiger partial charge < -0.3 is 0 Å². The van der Waals surface area contributed by atoms with Gasteiger partial charge in [0.2, 0.25) is 0 Å². The number of nitriles is 1. The Morgan fingerprint density at radius 3 is 2.50 bits per heavy atom. The topological polar surface area (TPSA) is 23.8 Å². The standard InChI is InChI=1S/C14H8F3N/c15-12-5-4-11(13(16)14(12)17)10-3-1-2-9(8-10)6-7-18/h1-5,8H,6H2. The average molecular weight is 247 g/mol. The lowest BCUT2D eigenvalue weighted by Gasteiger charge is -2.06. The number of halogens is 3. The quantitative estimate of drug-likeness (QED) is 0.740. The van der Waals surface area contributed by atoms with Crippen LogP contribution in [-0.2, 0) is 6.42 Å². The Kier molecular flexibility index (Phi) is 3.33. The highest BCUT2D eigenvalue weighted by molar-refractivity contribution is 5.65. The van der Waals surface area contributed by atoms with E-state index in [1.807, 2.05) is 6.07 Å². The predicted octanol–water partition coefficient (Wildman–Crippen LogP) is 3.84. The second-order valence-electron chi connectivity index (χ2n) is 3.76. The lowest BCUT2D eigenvalue weighted by Crippen LogP contribution is -1.94. The SMILES string of the molecule is N#CCc1cccc(-c2ccc(F)c(F)c2F)c1. The maximum Gasteiger partial charge on any atom is 0.195 e. The molecule has 0 radical (unpaired) electrons. The molecule has 0 aliphatic heterocycles. The molecule has 0 spiro atoms. The summed E-state index contributed by atoms with van der Waals surface area (Å²) < 4.78 is 39.5. The maximum absolute atomic E-state index is 13.6. The van der Waals surface area contributed by atoms with Crippen molar-refractivity contribution in [1.82, 2.24) is 0 Å². The fourth-order valence-electron chi connectivity index (χ4n) is 1.69. The van der Waals surface area contributed by atoms with Gasteiger partial charge in [-0.05, 0) is 23.3 Å². The van der Waals surface area contributed by atoms with Gasteiger partial charge in [-0.2, -0.15) is 5.26 Å². The van der Waals surface area contributed by atoms with Gasteiger partial charge >= 0.3 is 0 Å². The molecule has 2 rings (SSSR count). The van der Waals surface area contributed by atoms with Crippen LogP contribution in [-0.4, -0.2) is 0 Å². The molecule has 0 fully saturated rings. The molecule has 0 saturated heterocycles. The van der Waals surface area contributed by atoms with Crippen LogP contribution in [0, 0.1) is 28.8 Å². The molecule has 0 aliphatic carbocycles. The minimum atomic E-state index is -1.49. The van der Waals surface area contributed by atoms with E-state index in [9.17, 15) is 13.2 Å². The molecule has 0 atom stereocenters.